The Balaban J connectivity index is 1.50. The molecule has 134 valence electrons. The first-order valence-corrected chi connectivity index (χ1v) is 8.64. The first-order valence-electron chi connectivity index (χ1n) is 8.64. The Labute approximate surface area is 154 Å². The minimum Gasteiger partial charge on any atom is -0.296 e. The van der Waals surface area contributed by atoms with Gasteiger partial charge in [0.15, 0.2) is 0 Å². The SMILES string of the molecule is CN(Cc1ccncc1)Cc1cnc(CN(C)Cc2ccncc2)cn1. The summed E-state index contributed by atoms with van der Waals surface area (Å²) in [7, 11) is 4.16. The van der Waals surface area contributed by atoms with E-state index in [-0.39, 0.29) is 0 Å². The van der Waals surface area contributed by atoms with Gasteiger partial charge >= 0.3 is 0 Å². The second kappa shape index (κ2) is 9.12. The van der Waals surface area contributed by atoms with Crippen molar-refractivity contribution in [1.82, 2.24) is 29.7 Å². The van der Waals surface area contributed by atoms with Crippen molar-refractivity contribution in [3.63, 3.8) is 0 Å². The molecule has 0 aliphatic heterocycles. The molecule has 0 radical (unpaired) electrons. The number of hydrogen-bond acceptors (Lipinski definition) is 6. The molecule has 0 aliphatic rings. The zero-order valence-electron chi connectivity index (χ0n) is 15.3. The molecule has 0 atom stereocenters. The lowest BCUT2D eigenvalue weighted by Gasteiger charge is -2.17. The van der Waals surface area contributed by atoms with Gasteiger partial charge in [0.05, 0.1) is 23.8 Å². The zero-order chi connectivity index (χ0) is 18.2. The molecule has 0 aliphatic carbocycles. The molecule has 3 aromatic heterocycles. The molecule has 3 aromatic rings. The van der Waals surface area contributed by atoms with Crippen LogP contribution in [0, 0.1) is 0 Å². The van der Waals surface area contributed by atoms with Gasteiger partial charge in [-0.3, -0.25) is 29.7 Å². The maximum absolute atomic E-state index is 4.57. The molecule has 0 spiro atoms. The Morgan fingerprint density at radius 3 is 1.35 bits per heavy atom. The van der Waals surface area contributed by atoms with Gasteiger partial charge in [-0.15, -0.1) is 0 Å². The van der Waals surface area contributed by atoms with E-state index in [2.05, 4.69) is 43.8 Å². The van der Waals surface area contributed by atoms with Crippen molar-refractivity contribution in [2.75, 3.05) is 14.1 Å². The second-order valence-electron chi connectivity index (χ2n) is 6.55. The second-order valence-corrected chi connectivity index (χ2v) is 6.55. The number of hydrogen-bond donors (Lipinski definition) is 0. The van der Waals surface area contributed by atoms with Crippen molar-refractivity contribution in [3.05, 3.63) is 84.0 Å². The van der Waals surface area contributed by atoms with E-state index < -0.39 is 0 Å². The van der Waals surface area contributed by atoms with Crippen LogP contribution in [0.1, 0.15) is 22.5 Å². The van der Waals surface area contributed by atoms with E-state index in [4.69, 9.17) is 0 Å². The van der Waals surface area contributed by atoms with Crippen LogP contribution in [0.4, 0.5) is 0 Å². The van der Waals surface area contributed by atoms with Crippen molar-refractivity contribution in [2.24, 2.45) is 0 Å². The minimum atomic E-state index is 0.766. The van der Waals surface area contributed by atoms with Crippen LogP contribution in [0.3, 0.4) is 0 Å². The lowest BCUT2D eigenvalue weighted by Crippen LogP contribution is -2.20. The van der Waals surface area contributed by atoms with E-state index in [1.807, 2.05) is 61.4 Å². The fourth-order valence-corrected chi connectivity index (χ4v) is 2.81. The van der Waals surface area contributed by atoms with Crippen LogP contribution in [0.5, 0.6) is 0 Å². The predicted octanol–water partition coefficient (Wildman–Crippen LogP) is 2.53. The van der Waals surface area contributed by atoms with Gasteiger partial charge in [0.25, 0.3) is 0 Å². The van der Waals surface area contributed by atoms with Gasteiger partial charge in [0.1, 0.15) is 0 Å². The fourth-order valence-electron chi connectivity index (χ4n) is 2.81. The van der Waals surface area contributed by atoms with Crippen LogP contribution in [-0.4, -0.2) is 43.8 Å². The standard InChI is InChI=1S/C20H24N6/c1-25(13-17-3-7-21-8-4-17)15-19-11-24-20(12-23-19)16-26(2)14-18-5-9-22-10-6-18/h3-12H,13-16H2,1-2H3. The summed E-state index contributed by atoms with van der Waals surface area (Å²) >= 11 is 0. The monoisotopic (exact) mass is 348 g/mol. The number of aromatic nitrogens is 4. The third-order valence-electron chi connectivity index (χ3n) is 4.03. The molecule has 0 aromatic carbocycles. The van der Waals surface area contributed by atoms with Gasteiger partial charge in [-0.25, -0.2) is 0 Å². The molecule has 3 rings (SSSR count). The lowest BCUT2D eigenvalue weighted by atomic mass is 10.2. The Hall–Kier alpha value is -2.70. The molecule has 0 saturated carbocycles. The Morgan fingerprint density at radius 1 is 0.615 bits per heavy atom. The lowest BCUT2D eigenvalue weighted by molar-refractivity contribution is 0.309. The highest BCUT2D eigenvalue weighted by molar-refractivity contribution is 5.11. The van der Waals surface area contributed by atoms with Crippen molar-refractivity contribution in [1.29, 1.82) is 0 Å². The number of pyridine rings is 2. The van der Waals surface area contributed by atoms with E-state index in [9.17, 15) is 0 Å². The first-order chi connectivity index (χ1) is 12.7. The quantitative estimate of drug-likeness (QED) is 0.623. The van der Waals surface area contributed by atoms with Crippen LogP contribution < -0.4 is 0 Å². The minimum absolute atomic E-state index is 0.766. The molecule has 0 unspecified atom stereocenters. The predicted molar refractivity (Wildman–Crippen MR) is 101 cm³/mol. The summed E-state index contributed by atoms with van der Waals surface area (Å²) in [6, 6.07) is 8.13. The van der Waals surface area contributed by atoms with Crippen molar-refractivity contribution in [2.45, 2.75) is 26.2 Å². The fraction of sp³-hybridized carbons (Fsp3) is 0.300. The highest BCUT2D eigenvalue weighted by atomic mass is 15.1. The maximum atomic E-state index is 4.57. The van der Waals surface area contributed by atoms with Crippen molar-refractivity contribution < 1.29 is 0 Å². The topological polar surface area (TPSA) is 58.0 Å². The van der Waals surface area contributed by atoms with Gasteiger partial charge in [-0.1, -0.05) is 0 Å². The molecule has 0 saturated heterocycles. The third kappa shape index (κ3) is 5.68. The summed E-state index contributed by atoms with van der Waals surface area (Å²) in [4.78, 5) is 21.7. The van der Waals surface area contributed by atoms with E-state index in [1.54, 1.807) is 0 Å². The van der Waals surface area contributed by atoms with Gasteiger partial charge in [0, 0.05) is 51.0 Å². The molecule has 6 nitrogen and oxygen atoms in total. The van der Waals surface area contributed by atoms with Crippen molar-refractivity contribution >= 4 is 0 Å². The average Bonchev–Trinajstić information content (AvgIpc) is 2.65. The van der Waals surface area contributed by atoms with E-state index >= 15 is 0 Å². The van der Waals surface area contributed by atoms with Gasteiger partial charge in [0.2, 0.25) is 0 Å². The van der Waals surface area contributed by atoms with Crippen LogP contribution in [0.2, 0.25) is 0 Å². The molecule has 6 heteroatoms. The Kier molecular flexibility index (Phi) is 6.35. The largest absolute Gasteiger partial charge is 0.296 e. The molecule has 26 heavy (non-hydrogen) atoms. The summed E-state index contributed by atoms with van der Waals surface area (Å²) in [5.74, 6) is 0. The molecular weight excluding hydrogens is 324 g/mol. The van der Waals surface area contributed by atoms with Gasteiger partial charge < -0.3 is 0 Å². The Bertz CT molecular complexity index is 708. The van der Waals surface area contributed by atoms with E-state index in [0.717, 1.165) is 37.6 Å². The first kappa shape index (κ1) is 18.1. The van der Waals surface area contributed by atoms with Crippen molar-refractivity contribution in [3.8, 4) is 0 Å². The highest BCUT2D eigenvalue weighted by Crippen LogP contribution is 2.08. The zero-order valence-corrected chi connectivity index (χ0v) is 15.3. The van der Waals surface area contributed by atoms with Crippen LogP contribution in [-0.2, 0) is 26.2 Å². The van der Waals surface area contributed by atoms with Crippen LogP contribution in [0.25, 0.3) is 0 Å². The van der Waals surface area contributed by atoms with Gasteiger partial charge in [-0.05, 0) is 49.5 Å². The van der Waals surface area contributed by atoms with Gasteiger partial charge in [-0.2, -0.15) is 0 Å². The molecular formula is C20H24N6. The molecule has 0 amide bonds. The molecule has 0 bridgehead atoms. The molecule has 0 N–H and O–H groups in total. The molecule has 0 fully saturated rings. The summed E-state index contributed by atoms with van der Waals surface area (Å²) in [5.41, 5.74) is 4.43. The van der Waals surface area contributed by atoms with E-state index in [1.165, 1.54) is 11.1 Å². The summed E-state index contributed by atoms with van der Waals surface area (Å²) < 4.78 is 0. The molecule has 3 heterocycles. The third-order valence-corrected chi connectivity index (χ3v) is 4.03. The normalized spacial score (nSPS) is 11.2. The average molecular weight is 348 g/mol. The highest BCUT2D eigenvalue weighted by Gasteiger charge is 2.06. The maximum Gasteiger partial charge on any atom is 0.0727 e. The van der Waals surface area contributed by atoms with E-state index in [0.29, 0.717) is 0 Å². The summed E-state index contributed by atoms with van der Waals surface area (Å²) in [5, 5.41) is 0. The number of nitrogens with zero attached hydrogens (tertiary/aromatic N) is 6. The summed E-state index contributed by atoms with van der Waals surface area (Å²) in [6.07, 6.45) is 11.0. The van der Waals surface area contributed by atoms with Crippen LogP contribution in [0.15, 0.2) is 61.4 Å². The number of rotatable bonds is 8. The summed E-state index contributed by atoms with van der Waals surface area (Å²) in [6.45, 7) is 3.26. The van der Waals surface area contributed by atoms with Crippen LogP contribution >= 0.6 is 0 Å². The Morgan fingerprint density at radius 2 is 1.00 bits per heavy atom. The smallest absolute Gasteiger partial charge is 0.0727 e.